The Hall–Kier alpha value is -2.09. The van der Waals surface area contributed by atoms with Gasteiger partial charge in [0.25, 0.3) is 0 Å². The van der Waals surface area contributed by atoms with Crippen LogP contribution >= 0.6 is 0 Å². The minimum Gasteiger partial charge on any atom is -0.332 e. The number of hydrogen-bond donors (Lipinski definition) is 2. The van der Waals surface area contributed by atoms with E-state index < -0.39 is 29.6 Å². The fourth-order valence-electron chi connectivity index (χ4n) is 2.04. The predicted molar refractivity (Wildman–Crippen MR) is 85.1 cm³/mol. The number of carbonyl (C=O) groups excluding carboxylic acids is 2. The summed E-state index contributed by atoms with van der Waals surface area (Å²) in [5, 5.41) is 2.21. The molecule has 3 N–H and O–H groups in total. The summed E-state index contributed by atoms with van der Waals surface area (Å²) in [6, 6.07) is 3.91. The lowest BCUT2D eigenvalue weighted by molar-refractivity contribution is -0.138. The van der Waals surface area contributed by atoms with Crippen LogP contribution < -0.4 is 11.1 Å². The fraction of sp³-hybridized carbons (Fsp3) is 0.500. The molecule has 0 heterocycles. The van der Waals surface area contributed by atoms with E-state index in [2.05, 4.69) is 5.32 Å². The van der Waals surface area contributed by atoms with Crippen molar-refractivity contribution in [2.45, 2.75) is 33.0 Å². The van der Waals surface area contributed by atoms with Gasteiger partial charge >= 0.3 is 6.18 Å². The van der Waals surface area contributed by atoms with Gasteiger partial charge in [-0.1, -0.05) is 26.0 Å². The summed E-state index contributed by atoms with van der Waals surface area (Å²) in [7, 11) is 0. The molecule has 0 saturated carbocycles. The maximum Gasteiger partial charge on any atom is 0.418 e. The molecule has 0 aliphatic carbocycles. The molecule has 0 bridgehead atoms. The fourth-order valence-corrected chi connectivity index (χ4v) is 2.04. The van der Waals surface area contributed by atoms with Crippen molar-refractivity contribution >= 4 is 17.5 Å². The van der Waals surface area contributed by atoms with E-state index in [1.807, 2.05) is 0 Å². The number of alkyl halides is 3. The van der Waals surface area contributed by atoms with Crippen molar-refractivity contribution < 1.29 is 22.8 Å². The predicted octanol–water partition coefficient (Wildman–Crippen LogP) is 2.48. The van der Waals surface area contributed by atoms with E-state index in [0.717, 1.165) is 6.07 Å². The Labute approximate surface area is 139 Å². The summed E-state index contributed by atoms with van der Waals surface area (Å²) in [5.74, 6) is -1.23. The number of anilines is 1. The summed E-state index contributed by atoms with van der Waals surface area (Å²) in [6.45, 7) is 5.09. The van der Waals surface area contributed by atoms with Crippen molar-refractivity contribution in [3.63, 3.8) is 0 Å². The highest BCUT2D eigenvalue weighted by Gasteiger charge is 2.33. The lowest BCUT2D eigenvalue weighted by Crippen LogP contribution is -2.48. The second kappa shape index (κ2) is 8.14. The van der Waals surface area contributed by atoms with Gasteiger partial charge in [-0.05, 0) is 25.0 Å². The molecule has 2 amide bonds. The van der Waals surface area contributed by atoms with Crippen LogP contribution in [0.15, 0.2) is 24.3 Å². The van der Waals surface area contributed by atoms with Gasteiger partial charge in [0.15, 0.2) is 0 Å². The van der Waals surface area contributed by atoms with Gasteiger partial charge in [-0.3, -0.25) is 9.59 Å². The van der Waals surface area contributed by atoms with E-state index in [0.29, 0.717) is 0 Å². The van der Waals surface area contributed by atoms with Crippen LogP contribution in [0.1, 0.15) is 26.3 Å². The molecule has 0 aliphatic heterocycles. The maximum atomic E-state index is 12.9. The zero-order valence-electron chi connectivity index (χ0n) is 13.9. The summed E-state index contributed by atoms with van der Waals surface area (Å²) in [6.07, 6.45) is -4.58. The molecule has 0 fully saturated rings. The molecular weight excluding hydrogens is 323 g/mol. The van der Waals surface area contributed by atoms with Crippen molar-refractivity contribution in [1.82, 2.24) is 4.90 Å². The first-order chi connectivity index (χ1) is 11.1. The van der Waals surface area contributed by atoms with Crippen LogP contribution in [0.2, 0.25) is 0 Å². The third-order valence-corrected chi connectivity index (χ3v) is 3.54. The van der Waals surface area contributed by atoms with Gasteiger partial charge in [-0.2, -0.15) is 13.2 Å². The first-order valence-corrected chi connectivity index (χ1v) is 7.58. The Morgan fingerprint density at radius 2 is 1.83 bits per heavy atom. The quantitative estimate of drug-likeness (QED) is 0.832. The molecule has 1 rings (SSSR count). The number of para-hydroxylation sites is 1. The van der Waals surface area contributed by atoms with E-state index >= 15 is 0 Å². The van der Waals surface area contributed by atoms with Gasteiger partial charge in [0.05, 0.1) is 23.8 Å². The second-order valence-corrected chi connectivity index (χ2v) is 5.71. The molecule has 1 aromatic rings. The number of rotatable bonds is 6. The monoisotopic (exact) mass is 345 g/mol. The van der Waals surface area contributed by atoms with Crippen molar-refractivity contribution in [2.24, 2.45) is 11.7 Å². The SMILES string of the molecule is CCN(CC(=O)Nc1ccccc1C(F)(F)F)C(=O)[C@@H](N)C(C)C. The van der Waals surface area contributed by atoms with E-state index in [1.165, 1.54) is 23.1 Å². The lowest BCUT2D eigenvalue weighted by Gasteiger charge is -2.25. The van der Waals surface area contributed by atoms with E-state index in [4.69, 9.17) is 5.73 Å². The summed E-state index contributed by atoms with van der Waals surface area (Å²) in [4.78, 5) is 25.4. The number of carbonyl (C=O) groups is 2. The number of benzene rings is 1. The van der Waals surface area contributed by atoms with Crippen LogP contribution in [-0.4, -0.2) is 35.8 Å². The van der Waals surface area contributed by atoms with E-state index in [9.17, 15) is 22.8 Å². The number of nitrogens with zero attached hydrogens (tertiary/aromatic N) is 1. The Morgan fingerprint density at radius 3 is 2.33 bits per heavy atom. The Kier molecular flexibility index (Phi) is 6.77. The third-order valence-electron chi connectivity index (χ3n) is 3.54. The molecule has 1 aromatic carbocycles. The molecule has 0 aromatic heterocycles. The third kappa shape index (κ3) is 5.23. The van der Waals surface area contributed by atoms with E-state index in [1.54, 1.807) is 20.8 Å². The second-order valence-electron chi connectivity index (χ2n) is 5.71. The minimum absolute atomic E-state index is 0.111. The number of likely N-dealkylation sites (N-methyl/N-ethyl adjacent to an activating group) is 1. The van der Waals surface area contributed by atoms with Crippen LogP contribution in [0, 0.1) is 5.92 Å². The van der Waals surface area contributed by atoms with Gasteiger partial charge in [-0.25, -0.2) is 0 Å². The average Bonchev–Trinajstić information content (AvgIpc) is 2.50. The standard InChI is InChI=1S/C16H22F3N3O2/c1-4-22(15(24)14(20)10(2)3)9-13(23)21-12-8-6-5-7-11(12)16(17,18)19/h5-8,10,14H,4,9,20H2,1-3H3,(H,21,23)/t14-/m0/s1. The minimum atomic E-state index is -4.58. The van der Waals surface area contributed by atoms with Gasteiger partial charge in [0, 0.05) is 6.54 Å². The van der Waals surface area contributed by atoms with Crippen molar-refractivity contribution in [3.05, 3.63) is 29.8 Å². The number of amides is 2. The molecule has 0 aliphatic rings. The summed E-state index contributed by atoms with van der Waals surface area (Å²) < 4.78 is 38.8. The Morgan fingerprint density at radius 1 is 1.25 bits per heavy atom. The maximum absolute atomic E-state index is 12.9. The largest absolute Gasteiger partial charge is 0.418 e. The number of nitrogens with two attached hydrogens (primary N) is 1. The highest BCUT2D eigenvalue weighted by atomic mass is 19.4. The van der Waals surface area contributed by atoms with E-state index in [-0.39, 0.29) is 24.7 Å². The Balaban J connectivity index is 2.84. The average molecular weight is 345 g/mol. The molecule has 5 nitrogen and oxygen atoms in total. The number of halogens is 3. The zero-order valence-corrected chi connectivity index (χ0v) is 13.9. The smallest absolute Gasteiger partial charge is 0.332 e. The molecule has 8 heteroatoms. The van der Waals surface area contributed by atoms with Crippen LogP contribution in [0.4, 0.5) is 18.9 Å². The Bertz CT molecular complexity index is 588. The van der Waals surface area contributed by atoms with Crippen molar-refractivity contribution in [3.8, 4) is 0 Å². The van der Waals surface area contributed by atoms with Gasteiger partial charge in [-0.15, -0.1) is 0 Å². The van der Waals surface area contributed by atoms with Gasteiger partial charge in [0.2, 0.25) is 11.8 Å². The molecule has 0 saturated heterocycles. The topological polar surface area (TPSA) is 75.4 Å². The number of nitrogens with one attached hydrogen (secondary N) is 1. The van der Waals surface area contributed by atoms with Crippen LogP contribution in [0.3, 0.4) is 0 Å². The molecule has 0 radical (unpaired) electrons. The lowest BCUT2D eigenvalue weighted by atomic mass is 10.0. The van der Waals surface area contributed by atoms with Gasteiger partial charge < -0.3 is 16.0 Å². The van der Waals surface area contributed by atoms with Crippen LogP contribution in [-0.2, 0) is 15.8 Å². The van der Waals surface area contributed by atoms with Crippen molar-refractivity contribution in [2.75, 3.05) is 18.4 Å². The molecular formula is C16H22F3N3O2. The molecule has 134 valence electrons. The highest BCUT2D eigenvalue weighted by molar-refractivity contribution is 5.95. The molecule has 24 heavy (non-hydrogen) atoms. The van der Waals surface area contributed by atoms with Crippen LogP contribution in [0.25, 0.3) is 0 Å². The zero-order chi connectivity index (χ0) is 18.5. The molecule has 0 unspecified atom stereocenters. The summed E-state index contributed by atoms with van der Waals surface area (Å²) >= 11 is 0. The number of hydrogen-bond acceptors (Lipinski definition) is 3. The van der Waals surface area contributed by atoms with Gasteiger partial charge in [0.1, 0.15) is 0 Å². The first-order valence-electron chi connectivity index (χ1n) is 7.58. The summed E-state index contributed by atoms with van der Waals surface area (Å²) in [5.41, 5.74) is 4.49. The highest BCUT2D eigenvalue weighted by Crippen LogP contribution is 2.34. The molecule has 0 spiro atoms. The normalized spacial score (nSPS) is 12.8. The first kappa shape index (κ1) is 20.0. The van der Waals surface area contributed by atoms with Crippen LogP contribution in [0.5, 0.6) is 0 Å². The molecule has 1 atom stereocenters. The van der Waals surface area contributed by atoms with Crippen molar-refractivity contribution in [1.29, 1.82) is 0 Å².